The molecule has 2 atom stereocenters. The van der Waals surface area contributed by atoms with Crippen molar-refractivity contribution in [2.45, 2.75) is 56.4 Å². The van der Waals surface area contributed by atoms with Gasteiger partial charge in [0.1, 0.15) is 18.1 Å². The maximum Gasteiger partial charge on any atom is 0.408 e. The number of alkyl halides is 1. The zero-order valence-electron chi connectivity index (χ0n) is 17.0. The third kappa shape index (κ3) is 6.37. The number of sulfone groups is 1. The lowest BCUT2D eigenvalue weighted by Crippen LogP contribution is -2.48. The number of alkyl carbamates (subject to hydrolysis) is 1. The largest absolute Gasteiger partial charge is 0.444 e. The summed E-state index contributed by atoms with van der Waals surface area (Å²) in [6, 6.07) is 5.61. The average Bonchev–Trinajstić information content (AvgIpc) is 2.55. The molecule has 1 N–H and O–H groups in total. The third-order valence-electron chi connectivity index (χ3n) is 4.46. The number of hydrogen-bond acceptors (Lipinski definition) is 5. The predicted octanol–water partition coefficient (Wildman–Crippen LogP) is 4.38. The summed E-state index contributed by atoms with van der Waals surface area (Å²) >= 11 is 3.23. The SMILES string of the molecule is CC(C)(C)OC(=O)NC(C)(CCC(C#N)(CF)S(C)(=O)=O)c1cc(Br)ccc1F. The van der Waals surface area contributed by atoms with Gasteiger partial charge in [0.2, 0.25) is 0 Å². The van der Waals surface area contributed by atoms with Crippen LogP contribution in [0, 0.1) is 17.1 Å². The van der Waals surface area contributed by atoms with Crippen LogP contribution in [0.2, 0.25) is 0 Å². The van der Waals surface area contributed by atoms with Crippen LogP contribution in [0.25, 0.3) is 0 Å². The maximum absolute atomic E-state index is 14.6. The molecule has 6 nitrogen and oxygen atoms in total. The summed E-state index contributed by atoms with van der Waals surface area (Å²) in [7, 11) is -4.09. The minimum atomic E-state index is -4.09. The first-order valence-corrected chi connectivity index (χ1v) is 11.4. The molecule has 0 fully saturated rings. The molecular weight excluding hydrogens is 470 g/mol. The Morgan fingerprint density at radius 1 is 1.28 bits per heavy atom. The van der Waals surface area contributed by atoms with Crippen molar-refractivity contribution in [3.63, 3.8) is 0 Å². The Labute approximate surface area is 178 Å². The molecule has 2 unspecified atom stereocenters. The highest BCUT2D eigenvalue weighted by Gasteiger charge is 2.44. The minimum absolute atomic E-state index is 0.0388. The number of benzene rings is 1. The van der Waals surface area contributed by atoms with Gasteiger partial charge >= 0.3 is 6.09 Å². The smallest absolute Gasteiger partial charge is 0.408 e. The summed E-state index contributed by atoms with van der Waals surface area (Å²) in [5.74, 6) is -0.658. The lowest BCUT2D eigenvalue weighted by Gasteiger charge is -2.35. The summed E-state index contributed by atoms with van der Waals surface area (Å²) in [6.45, 7) is 4.99. The fraction of sp³-hybridized carbons (Fsp3) is 0.579. The van der Waals surface area contributed by atoms with Crippen molar-refractivity contribution >= 4 is 31.9 Å². The van der Waals surface area contributed by atoms with Gasteiger partial charge in [0.05, 0.1) is 11.6 Å². The zero-order chi connectivity index (χ0) is 22.7. The van der Waals surface area contributed by atoms with Crippen molar-refractivity contribution in [3.8, 4) is 6.07 Å². The first-order valence-electron chi connectivity index (χ1n) is 8.73. The number of nitrogens with zero attached hydrogens (tertiary/aromatic N) is 1. The van der Waals surface area contributed by atoms with Crippen molar-refractivity contribution < 1.29 is 26.7 Å². The number of rotatable bonds is 7. The van der Waals surface area contributed by atoms with Gasteiger partial charge in [0.15, 0.2) is 14.6 Å². The summed E-state index contributed by atoms with van der Waals surface area (Å²) < 4.78 is 55.8. The highest BCUT2D eigenvalue weighted by molar-refractivity contribution is 9.10. The number of carbonyl (C=O) groups is 1. The highest BCUT2D eigenvalue weighted by Crippen LogP contribution is 2.35. The second-order valence-electron chi connectivity index (χ2n) is 8.10. The van der Waals surface area contributed by atoms with Crippen LogP contribution in [-0.2, 0) is 20.1 Å². The molecule has 0 aliphatic heterocycles. The van der Waals surface area contributed by atoms with Crippen LogP contribution >= 0.6 is 15.9 Å². The minimum Gasteiger partial charge on any atom is -0.444 e. The van der Waals surface area contributed by atoms with E-state index in [1.807, 2.05) is 0 Å². The summed E-state index contributed by atoms with van der Waals surface area (Å²) in [5.41, 5.74) is -2.27. The molecule has 0 spiro atoms. The van der Waals surface area contributed by atoms with Crippen LogP contribution in [-0.4, -0.2) is 37.8 Å². The fourth-order valence-electron chi connectivity index (χ4n) is 2.69. The topological polar surface area (TPSA) is 96.3 Å². The molecule has 0 aliphatic carbocycles. The van der Waals surface area contributed by atoms with E-state index in [0.717, 1.165) is 6.26 Å². The Morgan fingerprint density at radius 2 is 1.86 bits per heavy atom. The van der Waals surface area contributed by atoms with Crippen LogP contribution < -0.4 is 5.32 Å². The summed E-state index contributed by atoms with van der Waals surface area (Å²) in [5, 5.41) is 11.9. The van der Waals surface area contributed by atoms with Gasteiger partial charge in [0.25, 0.3) is 0 Å². The third-order valence-corrected chi connectivity index (χ3v) is 6.78. The molecule has 0 aromatic heterocycles. The van der Waals surface area contributed by atoms with E-state index >= 15 is 0 Å². The molecule has 1 aromatic rings. The van der Waals surface area contributed by atoms with Gasteiger partial charge in [-0.05, 0) is 58.7 Å². The molecule has 0 saturated heterocycles. The second-order valence-corrected chi connectivity index (χ2v) is 11.3. The Hall–Kier alpha value is -1.73. The number of amides is 1. The average molecular weight is 495 g/mol. The fourth-order valence-corrected chi connectivity index (χ4v) is 3.88. The second kappa shape index (κ2) is 8.96. The molecule has 0 aliphatic rings. The van der Waals surface area contributed by atoms with Crippen molar-refractivity contribution in [2.24, 2.45) is 0 Å². The van der Waals surface area contributed by atoms with E-state index in [9.17, 15) is 27.3 Å². The van der Waals surface area contributed by atoms with Gasteiger partial charge in [-0.2, -0.15) is 5.26 Å². The van der Waals surface area contributed by atoms with Crippen LogP contribution in [0.1, 0.15) is 46.1 Å². The monoisotopic (exact) mass is 494 g/mol. The maximum atomic E-state index is 14.6. The standard InChI is InChI=1S/C19H25BrF2N2O4S/c1-17(2,3)28-16(25)24-18(4,14-10-13(20)6-7-15(14)22)8-9-19(11-21,12-23)29(5,26)27/h6-7,10H,8-9,11H2,1-5H3,(H,24,25). The first-order chi connectivity index (χ1) is 13.1. The molecule has 1 amide bonds. The number of ether oxygens (including phenoxy) is 1. The summed E-state index contributed by atoms with van der Waals surface area (Å²) in [4.78, 5) is 12.4. The lowest BCUT2D eigenvalue weighted by molar-refractivity contribution is 0.0451. The lowest BCUT2D eigenvalue weighted by atomic mass is 9.84. The van der Waals surface area contributed by atoms with Crippen LogP contribution in [0.3, 0.4) is 0 Å². The molecule has 0 radical (unpaired) electrons. The van der Waals surface area contributed by atoms with Gasteiger partial charge in [-0.15, -0.1) is 0 Å². The number of halogens is 3. The van der Waals surface area contributed by atoms with Crippen molar-refractivity contribution in [2.75, 3.05) is 12.9 Å². The first kappa shape index (κ1) is 25.3. The van der Waals surface area contributed by atoms with Crippen LogP contribution in [0.15, 0.2) is 22.7 Å². The van der Waals surface area contributed by atoms with Crippen LogP contribution in [0.4, 0.5) is 13.6 Å². The Bertz CT molecular complexity index is 912. The number of carbonyl (C=O) groups excluding carboxylic acids is 1. The van der Waals surface area contributed by atoms with Crippen molar-refractivity contribution in [1.82, 2.24) is 5.32 Å². The number of hydrogen-bond donors (Lipinski definition) is 1. The Morgan fingerprint density at radius 3 is 2.31 bits per heavy atom. The zero-order valence-corrected chi connectivity index (χ0v) is 19.4. The van der Waals surface area contributed by atoms with E-state index in [2.05, 4.69) is 21.2 Å². The Kier molecular flexibility index (Phi) is 7.82. The number of nitrogens with one attached hydrogen (secondary N) is 1. The van der Waals surface area contributed by atoms with Crippen molar-refractivity contribution in [3.05, 3.63) is 34.1 Å². The van der Waals surface area contributed by atoms with Gasteiger partial charge in [-0.3, -0.25) is 0 Å². The Balaban J connectivity index is 3.40. The molecule has 10 heteroatoms. The predicted molar refractivity (Wildman–Crippen MR) is 109 cm³/mol. The molecule has 162 valence electrons. The quantitative estimate of drug-likeness (QED) is 0.606. The van der Waals surface area contributed by atoms with E-state index in [4.69, 9.17) is 4.74 Å². The normalized spacial score (nSPS) is 16.2. The van der Waals surface area contributed by atoms with Gasteiger partial charge < -0.3 is 10.1 Å². The van der Waals surface area contributed by atoms with Crippen molar-refractivity contribution in [1.29, 1.82) is 5.26 Å². The molecule has 29 heavy (non-hydrogen) atoms. The van der Waals surface area contributed by atoms with E-state index in [1.54, 1.807) is 20.8 Å². The molecule has 0 heterocycles. The van der Waals surface area contributed by atoms with E-state index in [-0.39, 0.29) is 12.0 Å². The molecule has 1 aromatic carbocycles. The van der Waals surface area contributed by atoms with E-state index in [1.165, 1.54) is 31.2 Å². The van der Waals surface area contributed by atoms with Gasteiger partial charge in [-0.25, -0.2) is 22.0 Å². The molecule has 0 saturated carbocycles. The summed E-state index contributed by atoms with van der Waals surface area (Å²) in [6.07, 6.45) is -0.781. The molecular formula is C19H25BrF2N2O4S. The van der Waals surface area contributed by atoms with E-state index < -0.39 is 50.7 Å². The molecule has 1 rings (SSSR count). The van der Waals surface area contributed by atoms with Gasteiger partial charge in [0, 0.05) is 16.3 Å². The highest BCUT2D eigenvalue weighted by atomic mass is 79.9. The number of nitriles is 1. The van der Waals surface area contributed by atoms with Gasteiger partial charge in [-0.1, -0.05) is 15.9 Å². The molecule has 0 bridgehead atoms. The van der Waals surface area contributed by atoms with Crippen LogP contribution in [0.5, 0.6) is 0 Å². The van der Waals surface area contributed by atoms with E-state index in [0.29, 0.717) is 4.47 Å².